The Morgan fingerprint density at radius 2 is 1.70 bits per heavy atom. The molecule has 160 valence electrons. The first-order valence-electron chi connectivity index (χ1n) is 9.21. The zero-order chi connectivity index (χ0) is 22.1. The van der Waals surface area contributed by atoms with Crippen molar-refractivity contribution < 1.29 is 24.2 Å². The molecule has 0 aliphatic heterocycles. The molecule has 0 spiro atoms. The number of carboxylic acid groups (broad SMARTS) is 1. The summed E-state index contributed by atoms with van der Waals surface area (Å²) in [6.45, 7) is 2.42. The Morgan fingerprint density at radius 1 is 1.07 bits per heavy atom. The van der Waals surface area contributed by atoms with Crippen LogP contribution in [-0.4, -0.2) is 42.1 Å². The fourth-order valence-electron chi connectivity index (χ4n) is 2.63. The minimum Gasteiger partial charge on any atom is -0.494 e. The Morgan fingerprint density at radius 3 is 2.27 bits per heavy atom. The third-order valence-corrected chi connectivity index (χ3v) is 4.75. The number of carbonyl (C=O) groups is 3. The standard InChI is InChI=1S/C21H22Cl2N2O5/c1-13(26)24-10-3-11-30-15-8-6-14(7-9-15)12-18(21(28)29)25-20(27)19-16(22)4-2-5-17(19)23/h2,4-9,18H,3,10-12H2,1H3,(H,24,26)(H,25,27)(H,28,29). The summed E-state index contributed by atoms with van der Waals surface area (Å²) in [5.74, 6) is -1.29. The Hall–Kier alpha value is -2.77. The molecule has 2 aromatic rings. The lowest BCUT2D eigenvalue weighted by atomic mass is 10.1. The predicted octanol–water partition coefficient (Wildman–Crippen LogP) is 3.32. The number of aliphatic carboxylic acids is 1. The van der Waals surface area contributed by atoms with E-state index in [1.54, 1.807) is 30.3 Å². The van der Waals surface area contributed by atoms with Gasteiger partial charge in [-0.2, -0.15) is 0 Å². The first-order chi connectivity index (χ1) is 14.3. The maximum absolute atomic E-state index is 12.5. The van der Waals surface area contributed by atoms with Crippen molar-refractivity contribution in [1.29, 1.82) is 0 Å². The highest BCUT2D eigenvalue weighted by atomic mass is 35.5. The van der Waals surface area contributed by atoms with Crippen molar-refractivity contribution in [3.05, 3.63) is 63.6 Å². The lowest BCUT2D eigenvalue weighted by molar-refractivity contribution is -0.139. The fraction of sp³-hybridized carbons (Fsp3) is 0.286. The molecule has 3 N–H and O–H groups in total. The van der Waals surface area contributed by atoms with Crippen molar-refractivity contribution in [3.8, 4) is 5.75 Å². The summed E-state index contributed by atoms with van der Waals surface area (Å²) in [5, 5.41) is 14.9. The zero-order valence-electron chi connectivity index (χ0n) is 16.3. The number of amides is 2. The van der Waals surface area contributed by atoms with Crippen LogP contribution in [0, 0.1) is 0 Å². The maximum atomic E-state index is 12.5. The molecular weight excluding hydrogens is 431 g/mol. The number of nitrogens with one attached hydrogen (secondary N) is 2. The van der Waals surface area contributed by atoms with Gasteiger partial charge in [0.2, 0.25) is 5.91 Å². The van der Waals surface area contributed by atoms with Crippen LogP contribution in [0.15, 0.2) is 42.5 Å². The topological polar surface area (TPSA) is 105 Å². The third kappa shape index (κ3) is 7.24. The quantitative estimate of drug-likeness (QED) is 0.479. The largest absolute Gasteiger partial charge is 0.494 e. The van der Waals surface area contributed by atoms with E-state index in [0.717, 1.165) is 0 Å². The highest BCUT2D eigenvalue weighted by Crippen LogP contribution is 2.24. The number of hydrogen-bond donors (Lipinski definition) is 3. The Bertz CT molecular complexity index is 883. The van der Waals surface area contributed by atoms with Crippen LogP contribution >= 0.6 is 23.2 Å². The van der Waals surface area contributed by atoms with E-state index in [1.165, 1.54) is 19.1 Å². The van der Waals surface area contributed by atoms with E-state index in [4.69, 9.17) is 27.9 Å². The van der Waals surface area contributed by atoms with Crippen molar-refractivity contribution in [2.45, 2.75) is 25.8 Å². The molecular formula is C21H22Cl2N2O5. The van der Waals surface area contributed by atoms with Crippen LogP contribution in [-0.2, 0) is 16.0 Å². The summed E-state index contributed by atoms with van der Waals surface area (Å²) in [5.41, 5.74) is 0.744. The van der Waals surface area contributed by atoms with E-state index >= 15 is 0 Å². The predicted molar refractivity (Wildman–Crippen MR) is 114 cm³/mol. The van der Waals surface area contributed by atoms with E-state index < -0.39 is 17.9 Å². The third-order valence-electron chi connectivity index (χ3n) is 4.12. The molecule has 0 aliphatic rings. The summed E-state index contributed by atoms with van der Waals surface area (Å²) in [7, 11) is 0. The fourth-order valence-corrected chi connectivity index (χ4v) is 3.20. The second-order valence-corrected chi connectivity index (χ2v) is 7.31. The molecule has 9 heteroatoms. The number of carbonyl (C=O) groups excluding carboxylic acids is 2. The Kier molecular flexibility index (Phi) is 8.95. The van der Waals surface area contributed by atoms with Gasteiger partial charge in [-0.15, -0.1) is 0 Å². The highest BCUT2D eigenvalue weighted by Gasteiger charge is 2.23. The normalized spacial score (nSPS) is 11.4. The second kappa shape index (κ2) is 11.4. The van der Waals surface area contributed by atoms with E-state index in [1.807, 2.05) is 0 Å². The van der Waals surface area contributed by atoms with E-state index in [-0.39, 0.29) is 27.9 Å². The van der Waals surface area contributed by atoms with Gasteiger partial charge in [0.25, 0.3) is 5.91 Å². The highest BCUT2D eigenvalue weighted by molar-refractivity contribution is 6.39. The monoisotopic (exact) mass is 452 g/mol. The first-order valence-corrected chi connectivity index (χ1v) is 9.97. The molecule has 2 amide bonds. The Labute approximate surface area is 184 Å². The van der Waals surface area contributed by atoms with Crippen LogP contribution in [0.5, 0.6) is 5.75 Å². The molecule has 1 atom stereocenters. The number of benzene rings is 2. The summed E-state index contributed by atoms with van der Waals surface area (Å²) in [4.78, 5) is 34.9. The van der Waals surface area contributed by atoms with Gasteiger partial charge in [0.15, 0.2) is 0 Å². The molecule has 0 aromatic heterocycles. The van der Waals surface area contributed by atoms with Gasteiger partial charge in [-0.3, -0.25) is 9.59 Å². The molecule has 1 unspecified atom stereocenters. The van der Waals surface area contributed by atoms with Crippen molar-refractivity contribution in [2.24, 2.45) is 0 Å². The average molecular weight is 453 g/mol. The minimum atomic E-state index is -1.18. The van der Waals surface area contributed by atoms with Crippen molar-refractivity contribution >= 4 is 41.0 Å². The summed E-state index contributed by atoms with van der Waals surface area (Å²) in [6.07, 6.45) is 0.741. The van der Waals surface area contributed by atoms with Crippen LogP contribution < -0.4 is 15.4 Å². The van der Waals surface area contributed by atoms with Crippen LogP contribution in [0.2, 0.25) is 10.0 Å². The molecule has 0 bridgehead atoms. The molecule has 0 saturated heterocycles. The minimum absolute atomic E-state index is 0.0371. The number of halogens is 2. The molecule has 0 heterocycles. The summed E-state index contributed by atoms with van der Waals surface area (Å²) < 4.78 is 5.58. The van der Waals surface area contributed by atoms with Crippen molar-refractivity contribution in [2.75, 3.05) is 13.2 Å². The lowest BCUT2D eigenvalue weighted by Crippen LogP contribution is -2.42. The molecule has 30 heavy (non-hydrogen) atoms. The van der Waals surface area contributed by atoms with Gasteiger partial charge in [-0.1, -0.05) is 41.4 Å². The van der Waals surface area contributed by atoms with Gasteiger partial charge < -0.3 is 20.5 Å². The molecule has 2 aromatic carbocycles. The Balaban J connectivity index is 1.94. The smallest absolute Gasteiger partial charge is 0.326 e. The maximum Gasteiger partial charge on any atom is 0.326 e. The number of rotatable bonds is 10. The molecule has 0 radical (unpaired) electrons. The van der Waals surface area contributed by atoms with Crippen LogP contribution in [0.25, 0.3) is 0 Å². The van der Waals surface area contributed by atoms with Gasteiger partial charge in [0.05, 0.1) is 22.2 Å². The summed E-state index contributed by atoms with van der Waals surface area (Å²) >= 11 is 12.0. The molecule has 0 fully saturated rings. The van der Waals surface area contributed by atoms with E-state index in [0.29, 0.717) is 30.9 Å². The average Bonchev–Trinajstić information content (AvgIpc) is 2.68. The van der Waals surface area contributed by atoms with Crippen molar-refractivity contribution in [3.63, 3.8) is 0 Å². The SMILES string of the molecule is CC(=O)NCCCOc1ccc(CC(NC(=O)c2c(Cl)cccc2Cl)C(=O)O)cc1. The van der Waals surface area contributed by atoms with Gasteiger partial charge in [-0.25, -0.2) is 4.79 Å². The molecule has 0 saturated carbocycles. The lowest BCUT2D eigenvalue weighted by Gasteiger charge is -2.16. The zero-order valence-corrected chi connectivity index (χ0v) is 17.8. The molecule has 2 rings (SSSR count). The number of ether oxygens (including phenoxy) is 1. The number of hydrogen-bond acceptors (Lipinski definition) is 4. The van der Waals surface area contributed by atoms with E-state index in [9.17, 15) is 19.5 Å². The van der Waals surface area contributed by atoms with E-state index in [2.05, 4.69) is 10.6 Å². The number of carboxylic acids is 1. The van der Waals surface area contributed by atoms with Gasteiger partial charge in [0, 0.05) is 19.9 Å². The van der Waals surface area contributed by atoms with Crippen LogP contribution in [0.3, 0.4) is 0 Å². The van der Waals surface area contributed by atoms with Crippen LogP contribution in [0.4, 0.5) is 0 Å². The van der Waals surface area contributed by atoms with Crippen LogP contribution in [0.1, 0.15) is 29.3 Å². The second-order valence-electron chi connectivity index (χ2n) is 6.49. The van der Waals surface area contributed by atoms with Gasteiger partial charge >= 0.3 is 5.97 Å². The summed E-state index contributed by atoms with van der Waals surface area (Å²) in [6, 6.07) is 10.4. The molecule has 7 nitrogen and oxygen atoms in total. The van der Waals surface area contributed by atoms with Gasteiger partial charge in [0.1, 0.15) is 11.8 Å². The van der Waals surface area contributed by atoms with Crippen molar-refractivity contribution in [1.82, 2.24) is 10.6 Å². The van der Waals surface area contributed by atoms with Gasteiger partial charge in [-0.05, 0) is 36.2 Å². The molecule has 0 aliphatic carbocycles. The first kappa shape index (κ1) is 23.5.